The molecule has 10 heteroatoms. The van der Waals surface area contributed by atoms with Crippen molar-refractivity contribution in [1.29, 1.82) is 0 Å². The molecule has 3 N–H and O–H groups in total. The Morgan fingerprint density at radius 3 is 1.56 bits per heavy atom. The van der Waals surface area contributed by atoms with E-state index in [0.29, 0.717) is 6.42 Å². The molecule has 0 aromatic rings. The number of rotatable bonds is 21. The van der Waals surface area contributed by atoms with Crippen LogP contribution in [-0.4, -0.2) is 141 Å². The predicted octanol–water partition coefficient (Wildman–Crippen LogP) is 2.22. The Labute approximate surface area is 238 Å². The van der Waals surface area contributed by atoms with Crippen LogP contribution in [0.1, 0.15) is 84.0 Å². The molecule has 0 unspecified atom stereocenters. The molecule has 0 aromatic heterocycles. The van der Waals surface area contributed by atoms with Gasteiger partial charge in [-0.25, -0.2) is 0 Å². The third-order valence-electron chi connectivity index (χ3n) is 5.13. The van der Waals surface area contributed by atoms with Crippen molar-refractivity contribution in [2.45, 2.75) is 84.0 Å². The van der Waals surface area contributed by atoms with Gasteiger partial charge in [-0.05, 0) is 6.42 Å². The summed E-state index contributed by atoms with van der Waals surface area (Å²) in [4.78, 5) is 37.1. The summed E-state index contributed by atoms with van der Waals surface area (Å²) in [6, 6.07) is 0. The third kappa shape index (κ3) is 23.5. The van der Waals surface area contributed by atoms with Crippen molar-refractivity contribution in [3.05, 3.63) is 0 Å². The summed E-state index contributed by atoms with van der Waals surface area (Å²) in [5.74, 6) is -2.33. The van der Waals surface area contributed by atoms with Gasteiger partial charge in [0.05, 0.1) is 13.2 Å². The first-order valence-corrected chi connectivity index (χ1v) is 11.4. The molecular formula is C22H42N2Na2O6. The van der Waals surface area contributed by atoms with Crippen molar-refractivity contribution in [2.75, 3.05) is 39.3 Å². The smallest absolute Gasteiger partial charge is 0.323 e. The van der Waals surface area contributed by atoms with E-state index < -0.39 is 18.5 Å². The zero-order chi connectivity index (χ0) is 22.6. The van der Waals surface area contributed by atoms with Crippen molar-refractivity contribution in [3.8, 4) is 0 Å². The molecule has 0 aliphatic heterocycles. The molecule has 0 bridgehead atoms. The maximum Gasteiger partial charge on any atom is 0.323 e. The first-order chi connectivity index (χ1) is 14.4. The molecule has 0 spiro atoms. The summed E-state index contributed by atoms with van der Waals surface area (Å²) < 4.78 is 0. The van der Waals surface area contributed by atoms with Crippen LogP contribution in [0.4, 0.5) is 0 Å². The maximum absolute atomic E-state index is 12.4. The van der Waals surface area contributed by atoms with E-state index in [2.05, 4.69) is 6.92 Å². The van der Waals surface area contributed by atoms with Crippen LogP contribution in [0.3, 0.4) is 0 Å². The Hall–Kier alpha value is 0.330. The predicted molar refractivity (Wildman–Crippen MR) is 128 cm³/mol. The monoisotopic (exact) mass is 476 g/mol. The molecule has 0 saturated heterocycles. The van der Waals surface area contributed by atoms with Crippen molar-refractivity contribution in [1.82, 2.24) is 9.80 Å². The van der Waals surface area contributed by atoms with Crippen LogP contribution in [0, 0.1) is 0 Å². The SMILES string of the molecule is CCCCCCCCCCCCCC(=O)N(CCN(CCO)CC(=O)O)CC(=O)O.[Na].[Na]. The Kier molecular flexibility index (Phi) is 29.9. The van der Waals surface area contributed by atoms with Gasteiger partial charge in [-0.15, -0.1) is 0 Å². The van der Waals surface area contributed by atoms with Gasteiger partial charge in [0, 0.05) is 85.2 Å². The van der Waals surface area contributed by atoms with Crippen LogP contribution >= 0.6 is 0 Å². The molecule has 0 atom stereocenters. The minimum Gasteiger partial charge on any atom is -0.480 e. The van der Waals surface area contributed by atoms with Gasteiger partial charge < -0.3 is 20.2 Å². The minimum absolute atomic E-state index is 0. The third-order valence-corrected chi connectivity index (χ3v) is 5.13. The average Bonchev–Trinajstić information content (AvgIpc) is 2.68. The number of hydrogen-bond acceptors (Lipinski definition) is 5. The molecule has 1 amide bonds. The fourth-order valence-corrected chi connectivity index (χ4v) is 3.42. The number of carbonyl (C=O) groups is 3. The van der Waals surface area contributed by atoms with E-state index in [1.807, 2.05) is 0 Å². The first-order valence-electron chi connectivity index (χ1n) is 11.4. The van der Waals surface area contributed by atoms with Crippen molar-refractivity contribution in [3.63, 3.8) is 0 Å². The van der Waals surface area contributed by atoms with E-state index in [0.717, 1.165) is 19.3 Å². The number of unbranched alkanes of at least 4 members (excludes halogenated alkanes) is 10. The number of aliphatic hydroxyl groups is 1. The standard InChI is InChI=1S/C22H42N2O6.2Na/c1-2-3-4-5-6-7-8-9-10-11-12-13-20(26)24(19-22(29)30)15-14-23(16-17-25)18-21(27)28;;/h25H,2-19H2,1H3,(H,27,28)(H,29,30);;. The Balaban J connectivity index is -0.00000420. The molecule has 2 radical (unpaired) electrons. The quantitative estimate of drug-likeness (QED) is 0.172. The van der Waals surface area contributed by atoms with E-state index in [9.17, 15) is 14.4 Å². The van der Waals surface area contributed by atoms with Gasteiger partial charge in [-0.1, -0.05) is 71.1 Å². The van der Waals surface area contributed by atoms with E-state index in [-0.39, 0.29) is 97.8 Å². The molecule has 8 nitrogen and oxygen atoms in total. The topological polar surface area (TPSA) is 118 Å². The summed E-state index contributed by atoms with van der Waals surface area (Å²) in [6.45, 7) is 1.89. The summed E-state index contributed by atoms with van der Waals surface area (Å²) in [5.41, 5.74) is 0. The molecule has 0 fully saturated rings. The number of carboxylic acids is 2. The largest absolute Gasteiger partial charge is 0.480 e. The van der Waals surface area contributed by atoms with Crippen LogP contribution in [0.25, 0.3) is 0 Å². The number of aliphatic carboxylic acids is 2. The zero-order valence-corrected chi connectivity index (χ0v) is 24.7. The van der Waals surface area contributed by atoms with Crippen molar-refractivity contribution < 1.29 is 29.7 Å². The molecule has 0 aliphatic carbocycles. The number of carboxylic acid groups (broad SMARTS) is 2. The molecular weight excluding hydrogens is 434 g/mol. The second-order valence-electron chi connectivity index (χ2n) is 7.89. The number of amides is 1. The van der Waals surface area contributed by atoms with E-state index in [4.69, 9.17) is 15.3 Å². The van der Waals surface area contributed by atoms with E-state index in [1.54, 1.807) is 0 Å². The zero-order valence-electron chi connectivity index (χ0n) is 20.7. The van der Waals surface area contributed by atoms with Gasteiger partial charge in [0.2, 0.25) is 5.91 Å². The van der Waals surface area contributed by atoms with Gasteiger partial charge in [0.25, 0.3) is 0 Å². The van der Waals surface area contributed by atoms with Crippen molar-refractivity contribution in [2.24, 2.45) is 0 Å². The second-order valence-corrected chi connectivity index (χ2v) is 7.89. The molecule has 178 valence electrons. The molecule has 0 rings (SSSR count). The summed E-state index contributed by atoms with van der Waals surface area (Å²) in [7, 11) is 0. The van der Waals surface area contributed by atoms with Gasteiger partial charge in [0.1, 0.15) is 6.54 Å². The number of carbonyl (C=O) groups excluding carboxylic acids is 1. The van der Waals surface area contributed by atoms with Crippen LogP contribution < -0.4 is 0 Å². The molecule has 32 heavy (non-hydrogen) atoms. The Bertz CT molecular complexity index is 483. The number of hydrogen-bond donors (Lipinski definition) is 3. The van der Waals surface area contributed by atoms with Gasteiger partial charge in [0.15, 0.2) is 0 Å². The molecule has 0 heterocycles. The van der Waals surface area contributed by atoms with Crippen LogP contribution in [-0.2, 0) is 14.4 Å². The Morgan fingerprint density at radius 2 is 1.12 bits per heavy atom. The Morgan fingerprint density at radius 1 is 0.656 bits per heavy atom. The van der Waals surface area contributed by atoms with E-state index >= 15 is 0 Å². The van der Waals surface area contributed by atoms with E-state index in [1.165, 1.54) is 61.2 Å². The van der Waals surface area contributed by atoms with Crippen LogP contribution in [0.2, 0.25) is 0 Å². The molecule has 0 saturated carbocycles. The fourth-order valence-electron chi connectivity index (χ4n) is 3.42. The van der Waals surface area contributed by atoms with Gasteiger partial charge in [-0.3, -0.25) is 19.3 Å². The maximum atomic E-state index is 12.4. The number of nitrogens with zero attached hydrogens (tertiary/aromatic N) is 2. The second kappa shape index (κ2) is 25.9. The van der Waals surface area contributed by atoms with Crippen molar-refractivity contribution >= 4 is 77.0 Å². The average molecular weight is 477 g/mol. The van der Waals surface area contributed by atoms with Crippen LogP contribution in [0.5, 0.6) is 0 Å². The normalized spacial score (nSPS) is 10.3. The van der Waals surface area contributed by atoms with Crippen LogP contribution in [0.15, 0.2) is 0 Å². The van der Waals surface area contributed by atoms with Gasteiger partial charge in [-0.2, -0.15) is 0 Å². The molecule has 0 aliphatic rings. The first kappa shape index (κ1) is 36.9. The summed E-state index contributed by atoms with van der Waals surface area (Å²) >= 11 is 0. The molecule has 0 aromatic carbocycles. The minimum atomic E-state index is -1.09. The fraction of sp³-hybridized carbons (Fsp3) is 0.864. The summed E-state index contributed by atoms with van der Waals surface area (Å²) in [6.07, 6.45) is 13.3. The summed E-state index contributed by atoms with van der Waals surface area (Å²) in [5, 5.41) is 27.0. The number of aliphatic hydroxyl groups excluding tert-OH is 1. The van der Waals surface area contributed by atoms with Gasteiger partial charge >= 0.3 is 11.9 Å².